The van der Waals surface area contributed by atoms with Gasteiger partial charge in [0.1, 0.15) is 5.69 Å². The lowest BCUT2D eigenvalue weighted by Gasteiger charge is -2.20. The van der Waals surface area contributed by atoms with Crippen molar-refractivity contribution in [3.05, 3.63) is 11.4 Å². The van der Waals surface area contributed by atoms with Crippen molar-refractivity contribution < 1.29 is 14.5 Å². The minimum absolute atomic E-state index is 0.0534. The van der Waals surface area contributed by atoms with Crippen LogP contribution in [0.1, 0.15) is 42.4 Å². The van der Waals surface area contributed by atoms with Gasteiger partial charge in [-0.2, -0.15) is 0 Å². The molecule has 0 aliphatic heterocycles. The predicted molar refractivity (Wildman–Crippen MR) is 61.5 cm³/mol. The SMILES string of the molecule is CCCCCN(CCO)C(=O)c1nonc1C. The van der Waals surface area contributed by atoms with Crippen LogP contribution in [0.5, 0.6) is 0 Å². The van der Waals surface area contributed by atoms with E-state index < -0.39 is 0 Å². The third kappa shape index (κ3) is 3.81. The number of aryl methyl sites for hydroxylation is 1. The normalized spacial score (nSPS) is 10.5. The van der Waals surface area contributed by atoms with Crippen LogP contribution in [0.2, 0.25) is 0 Å². The van der Waals surface area contributed by atoms with Crippen LogP contribution >= 0.6 is 0 Å². The highest BCUT2D eigenvalue weighted by Gasteiger charge is 2.21. The Morgan fingerprint density at radius 3 is 2.65 bits per heavy atom. The molecule has 0 saturated carbocycles. The highest BCUT2D eigenvalue weighted by Crippen LogP contribution is 2.07. The van der Waals surface area contributed by atoms with Crippen LogP contribution in [0.4, 0.5) is 0 Å². The van der Waals surface area contributed by atoms with E-state index in [1.54, 1.807) is 11.8 Å². The van der Waals surface area contributed by atoms with Crippen molar-refractivity contribution in [2.75, 3.05) is 19.7 Å². The van der Waals surface area contributed by atoms with Crippen LogP contribution in [0.25, 0.3) is 0 Å². The molecule has 1 aromatic heterocycles. The zero-order valence-corrected chi connectivity index (χ0v) is 10.3. The third-order valence-corrected chi connectivity index (χ3v) is 2.54. The molecule has 6 nitrogen and oxygen atoms in total. The molecule has 0 spiro atoms. The standard InChI is InChI=1S/C11H19N3O3/c1-3-4-5-6-14(7-8-15)11(16)10-9(2)12-17-13-10/h15H,3-8H2,1-2H3. The number of carbonyl (C=O) groups is 1. The lowest BCUT2D eigenvalue weighted by Crippen LogP contribution is -2.35. The van der Waals surface area contributed by atoms with Gasteiger partial charge in [-0.1, -0.05) is 24.9 Å². The minimum atomic E-state index is -0.228. The Morgan fingerprint density at radius 1 is 1.35 bits per heavy atom. The summed E-state index contributed by atoms with van der Waals surface area (Å²) in [6, 6.07) is 0. The van der Waals surface area contributed by atoms with Crippen molar-refractivity contribution >= 4 is 5.91 Å². The molecular weight excluding hydrogens is 222 g/mol. The summed E-state index contributed by atoms with van der Waals surface area (Å²) in [5, 5.41) is 16.1. The summed E-state index contributed by atoms with van der Waals surface area (Å²) in [7, 11) is 0. The first kappa shape index (κ1) is 13.6. The number of carbonyl (C=O) groups excluding carboxylic acids is 1. The molecule has 1 aromatic rings. The summed E-state index contributed by atoms with van der Waals surface area (Å²) in [6.07, 6.45) is 3.07. The first-order valence-electron chi connectivity index (χ1n) is 5.90. The molecule has 0 aliphatic rings. The van der Waals surface area contributed by atoms with Gasteiger partial charge in [-0.25, -0.2) is 4.63 Å². The van der Waals surface area contributed by atoms with Gasteiger partial charge in [-0.3, -0.25) is 4.79 Å². The summed E-state index contributed by atoms with van der Waals surface area (Å²) >= 11 is 0. The van der Waals surface area contributed by atoms with Gasteiger partial charge < -0.3 is 10.0 Å². The molecule has 17 heavy (non-hydrogen) atoms. The zero-order valence-electron chi connectivity index (χ0n) is 10.3. The third-order valence-electron chi connectivity index (χ3n) is 2.54. The Bertz CT molecular complexity index is 351. The molecule has 1 heterocycles. The fraction of sp³-hybridized carbons (Fsp3) is 0.727. The van der Waals surface area contributed by atoms with Gasteiger partial charge in [0.15, 0.2) is 5.69 Å². The second-order valence-electron chi connectivity index (χ2n) is 3.92. The van der Waals surface area contributed by atoms with Gasteiger partial charge >= 0.3 is 0 Å². The summed E-state index contributed by atoms with van der Waals surface area (Å²) in [5.41, 5.74) is 0.711. The summed E-state index contributed by atoms with van der Waals surface area (Å²) in [4.78, 5) is 13.6. The van der Waals surface area contributed by atoms with E-state index in [1.807, 2.05) is 0 Å². The quantitative estimate of drug-likeness (QED) is 0.720. The Labute approximate surface area is 101 Å². The highest BCUT2D eigenvalue weighted by molar-refractivity contribution is 5.93. The van der Waals surface area contributed by atoms with Crippen molar-refractivity contribution in [2.24, 2.45) is 0 Å². The highest BCUT2D eigenvalue weighted by atomic mass is 16.6. The molecule has 0 saturated heterocycles. The molecule has 96 valence electrons. The maximum atomic E-state index is 12.1. The molecule has 0 bridgehead atoms. The lowest BCUT2D eigenvalue weighted by molar-refractivity contribution is 0.0707. The maximum Gasteiger partial charge on any atom is 0.278 e. The van der Waals surface area contributed by atoms with Crippen molar-refractivity contribution in [3.63, 3.8) is 0 Å². The summed E-state index contributed by atoms with van der Waals surface area (Å²) in [5.74, 6) is -0.228. The van der Waals surface area contributed by atoms with Gasteiger partial charge in [0.05, 0.1) is 6.61 Å². The number of rotatable bonds is 7. The van der Waals surface area contributed by atoms with E-state index in [4.69, 9.17) is 5.11 Å². The van der Waals surface area contributed by atoms with E-state index in [0.29, 0.717) is 18.8 Å². The molecule has 0 radical (unpaired) electrons. The van der Waals surface area contributed by atoms with E-state index in [1.165, 1.54) is 0 Å². The van der Waals surface area contributed by atoms with E-state index >= 15 is 0 Å². The summed E-state index contributed by atoms with van der Waals surface area (Å²) in [6.45, 7) is 4.66. The lowest BCUT2D eigenvalue weighted by atomic mass is 10.2. The van der Waals surface area contributed by atoms with E-state index in [2.05, 4.69) is 21.9 Å². The predicted octanol–water partition coefficient (Wildman–Crippen LogP) is 1.00. The number of unbranched alkanes of at least 4 members (excludes halogenated alkanes) is 2. The van der Waals surface area contributed by atoms with Crippen LogP contribution in [0, 0.1) is 6.92 Å². The van der Waals surface area contributed by atoms with Crippen LogP contribution in [-0.4, -0.2) is 45.9 Å². The van der Waals surface area contributed by atoms with E-state index in [9.17, 15) is 4.79 Å². The molecule has 1 rings (SSSR count). The molecule has 0 aliphatic carbocycles. The van der Waals surface area contributed by atoms with Crippen molar-refractivity contribution in [2.45, 2.75) is 33.1 Å². The average Bonchev–Trinajstić information content (AvgIpc) is 2.74. The van der Waals surface area contributed by atoms with Gasteiger partial charge in [-0.05, 0) is 18.5 Å². The fourth-order valence-electron chi connectivity index (χ4n) is 1.56. The molecule has 0 aromatic carbocycles. The molecule has 0 fully saturated rings. The van der Waals surface area contributed by atoms with Crippen LogP contribution in [0.15, 0.2) is 4.63 Å². The number of nitrogens with zero attached hydrogens (tertiary/aromatic N) is 3. The van der Waals surface area contributed by atoms with Crippen LogP contribution < -0.4 is 0 Å². The average molecular weight is 241 g/mol. The molecular formula is C11H19N3O3. The zero-order chi connectivity index (χ0) is 12.7. The Morgan fingerprint density at radius 2 is 2.12 bits per heavy atom. The van der Waals surface area contributed by atoms with E-state index in [-0.39, 0.29) is 18.2 Å². The molecule has 0 unspecified atom stereocenters. The number of aliphatic hydroxyl groups is 1. The largest absolute Gasteiger partial charge is 0.395 e. The van der Waals surface area contributed by atoms with Crippen molar-refractivity contribution in [3.8, 4) is 0 Å². The topological polar surface area (TPSA) is 79.5 Å². The Balaban J connectivity index is 2.63. The first-order chi connectivity index (χ1) is 8.20. The Hall–Kier alpha value is -1.43. The van der Waals surface area contributed by atoms with Gasteiger partial charge in [-0.15, -0.1) is 0 Å². The number of aliphatic hydroxyl groups excluding tert-OH is 1. The molecule has 6 heteroatoms. The van der Waals surface area contributed by atoms with Gasteiger partial charge in [0, 0.05) is 13.1 Å². The second-order valence-corrected chi connectivity index (χ2v) is 3.92. The number of aromatic nitrogens is 2. The smallest absolute Gasteiger partial charge is 0.278 e. The number of amides is 1. The van der Waals surface area contributed by atoms with Gasteiger partial charge in [0.2, 0.25) is 0 Å². The fourth-order valence-corrected chi connectivity index (χ4v) is 1.56. The monoisotopic (exact) mass is 241 g/mol. The van der Waals surface area contributed by atoms with Crippen LogP contribution in [-0.2, 0) is 0 Å². The molecule has 1 amide bonds. The van der Waals surface area contributed by atoms with Crippen LogP contribution in [0.3, 0.4) is 0 Å². The number of hydrogen-bond acceptors (Lipinski definition) is 5. The summed E-state index contributed by atoms with van der Waals surface area (Å²) < 4.78 is 4.51. The van der Waals surface area contributed by atoms with Crippen molar-refractivity contribution in [1.82, 2.24) is 15.2 Å². The van der Waals surface area contributed by atoms with Gasteiger partial charge in [0.25, 0.3) is 5.91 Å². The molecule has 0 atom stereocenters. The second kappa shape index (κ2) is 7.01. The van der Waals surface area contributed by atoms with E-state index in [0.717, 1.165) is 19.3 Å². The Kier molecular flexibility index (Phi) is 5.62. The van der Waals surface area contributed by atoms with Crippen molar-refractivity contribution in [1.29, 1.82) is 0 Å². The first-order valence-corrected chi connectivity index (χ1v) is 5.90. The maximum absolute atomic E-state index is 12.1. The number of hydrogen-bond donors (Lipinski definition) is 1. The minimum Gasteiger partial charge on any atom is -0.395 e. The molecule has 1 N–H and O–H groups in total.